The maximum absolute atomic E-state index is 12.2. The largest absolute Gasteiger partial charge is 0.492 e. The Balaban J connectivity index is 1.99. The number of amides is 1. The van der Waals surface area contributed by atoms with Crippen LogP contribution in [0.1, 0.15) is 16.4 Å². The Kier molecular flexibility index (Phi) is 6.57. The van der Waals surface area contributed by atoms with E-state index in [1.54, 1.807) is 6.07 Å². The molecule has 3 aromatic rings. The molecule has 31 heavy (non-hydrogen) atoms. The summed E-state index contributed by atoms with van der Waals surface area (Å²) in [7, 11) is 2.86. The number of aromatic nitrogens is 5. The third-order valence-corrected chi connectivity index (χ3v) is 3.78. The second-order valence-electron chi connectivity index (χ2n) is 5.83. The van der Waals surface area contributed by atoms with Crippen molar-refractivity contribution in [3.8, 4) is 17.1 Å². The van der Waals surface area contributed by atoms with Crippen LogP contribution < -0.4 is 15.4 Å². The van der Waals surface area contributed by atoms with E-state index in [1.807, 2.05) is 0 Å². The Morgan fingerprint density at radius 1 is 1.29 bits per heavy atom. The fraction of sp³-hybridized carbons (Fsp3) is 0.250. The van der Waals surface area contributed by atoms with Crippen LogP contribution in [0.4, 0.5) is 11.5 Å². The predicted octanol–water partition coefficient (Wildman–Crippen LogP) is -0.208. The highest BCUT2D eigenvalue weighted by Crippen LogP contribution is 2.35. The molecule has 0 saturated heterocycles. The summed E-state index contributed by atoms with van der Waals surface area (Å²) in [6, 6.07) is 2.81. The molecule has 0 aliphatic heterocycles. The van der Waals surface area contributed by atoms with Crippen molar-refractivity contribution in [1.82, 2.24) is 30.6 Å². The molecule has 3 rings (SSSR count). The van der Waals surface area contributed by atoms with Crippen molar-refractivity contribution in [2.75, 3.05) is 19.5 Å². The van der Waals surface area contributed by atoms with E-state index in [0.29, 0.717) is 5.56 Å². The minimum absolute atomic E-state index is 0.0297. The highest BCUT2D eigenvalue weighted by atomic mass is 35.5. The van der Waals surface area contributed by atoms with Gasteiger partial charge < -0.3 is 34.6 Å². The van der Waals surface area contributed by atoms with Crippen LogP contribution >= 0.6 is 11.6 Å². The van der Waals surface area contributed by atoms with Crippen molar-refractivity contribution in [2.45, 2.75) is 12.7 Å². The van der Waals surface area contributed by atoms with Gasteiger partial charge >= 0.3 is 6.10 Å². The number of anilines is 2. The van der Waals surface area contributed by atoms with E-state index >= 15 is 0 Å². The van der Waals surface area contributed by atoms with Crippen molar-refractivity contribution in [1.29, 1.82) is 0 Å². The molecule has 0 saturated carbocycles. The summed E-state index contributed by atoms with van der Waals surface area (Å²) in [4.78, 5) is 20.6. The highest BCUT2D eigenvalue weighted by Gasteiger charge is 2.26. The van der Waals surface area contributed by atoms with E-state index in [-0.39, 0.29) is 40.7 Å². The van der Waals surface area contributed by atoms with Crippen molar-refractivity contribution >= 4 is 29.0 Å². The lowest BCUT2D eigenvalue weighted by Crippen LogP contribution is -2.48. The number of nitrogens with one attached hydrogen (secondary N) is 2. The Hall–Kier alpha value is -3.43. The summed E-state index contributed by atoms with van der Waals surface area (Å²) in [6.45, 7) is 0.118. The van der Waals surface area contributed by atoms with Gasteiger partial charge in [0, 0.05) is 19.4 Å². The highest BCUT2D eigenvalue weighted by molar-refractivity contribution is 6.29. The fourth-order valence-electron chi connectivity index (χ4n) is 2.44. The molecule has 0 aliphatic carbocycles. The number of hydrogen-bond acceptors (Lipinski definition) is 13. The topological polar surface area (TPSA) is 198 Å². The first-order valence-electron chi connectivity index (χ1n) is 8.36. The van der Waals surface area contributed by atoms with E-state index in [4.69, 9.17) is 40.9 Å². The molecule has 0 fully saturated rings. The van der Waals surface area contributed by atoms with Gasteiger partial charge in [0.05, 0.1) is 18.4 Å². The zero-order chi connectivity index (χ0) is 22.6. The molecule has 0 bridgehead atoms. The molecule has 0 spiro atoms. The van der Waals surface area contributed by atoms with Gasteiger partial charge in [-0.05, 0) is 6.07 Å². The first kappa shape index (κ1) is 22.3. The molecule has 0 aromatic carbocycles. The third kappa shape index (κ3) is 5.39. The van der Waals surface area contributed by atoms with Gasteiger partial charge in [0.1, 0.15) is 6.61 Å². The van der Waals surface area contributed by atoms with Gasteiger partial charge in [-0.25, -0.2) is 4.98 Å². The van der Waals surface area contributed by atoms with Gasteiger partial charge in [0.2, 0.25) is 5.82 Å². The molecule has 0 aliphatic rings. The number of methoxy groups -OCH3 is 2. The fourth-order valence-corrected chi connectivity index (χ4v) is 2.58. The van der Waals surface area contributed by atoms with E-state index < -0.39 is 17.7 Å². The van der Waals surface area contributed by atoms with Crippen molar-refractivity contribution < 1.29 is 34.1 Å². The third-order valence-electron chi connectivity index (χ3n) is 3.60. The van der Waals surface area contributed by atoms with Gasteiger partial charge in [0.25, 0.3) is 11.8 Å². The molecule has 3 heterocycles. The average molecular weight is 454 g/mol. The van der Waals surface area contributed by atoms with Crippen LogP contribution in [0.25, 0.3) is 11.4 Å². The molecular weight excluding hydrogens is 438 g/mol. The Bertz CT molecular complexity index is 1090. The van der Waals surface area contributed by atoms with E-state index in [0.717, 1.165) is 0 Å². The minimum atomic E-state index is -3.47. The first-order chi connectivity index (χ1) is 14.7. The quantitative estimate of drug-likeness (QED) is 0.281. The van der Waals surface area contributed by atoms with Crippen LogP contribution in [0, 0.1) is 0 Å². The van der Waals surface area contributed by atoms with E-state index in [1.165, 1.54) is 31.8 Å². The summed E-state index contributed by atoms with van der Waals surface area (Å²) in [5, 5.41) is 42.2. The molecule has 1 amide bonds. The summed E-state index contributed by atoms with van der Waals surface area (Å²) >= 11 is 5.86. The molecule has 0 atom stereocenters. The summed E-state index contributed by atoms with van der Waals surface area (Å²) in [5.41, 5.74) is -0.0506. The number of ether oxygens (including phenoxy) is 2. The van der Waals surface area contributed by atoms with Crippen LogP contribution in [0.5, 0.6) is 5.75 Å². The molecule has 0 radical (unpaired) electrons. The number of halogens is 1. The first-order valence-corrected chi connectivity index (χ1v) is 8.74. The maximum Gasteiger partial charge on any atom is 0.369 e. The van der Waals surface area contributed by atoms with Crippen LogP contribution in [-0.2, 0) is 11.3 Å². The van der Waals surface area contributed by atoms with Gasteiger partial charge in [-0.15, -0.1) is 10.2 Å². The van der Waals surface area contributed by atoms with Crippen LogP contribution in [0.15, 0.2) is 22.9 Å². The lowest BCUT2D eigenvalue weighted by atomic mass is 10.2. The second kappa shape index (κ2) is 9.15. The Labute approximate surface area is 178 Å². The minimum Gasteiger partial charge on any atom is -0.492 e. The molecule has 15 heteroatoms. The number of hydrogen-bond donors (Lipinski definition) is 5. The van der Waals surface area contributed by atoms with E-state index in [9.17, 15) is 4.79 Å². The van der Waals surface area contributed by atoms with Crippen molar-refractivity contribution in [2.24, 2.45) is 0 Å². The van der Waals surface area contributed by atoms with E-state index in [2.05, 4.69) is 30.6 Å². The molecule has 164 valence electrons. The molecule has 5 N–H and O–H groups in total. The Morgan fingerprint density at radius 2 is 2.06 bits per heavy atom. The van der Waals surface area contributed by atoms with Crippen LogP contribution in [0.3, 0.4) is 0 Å². The van der Waals surface area contributed by atoms with Crippen LogP contribution in [-0.4, -0.2) is 66.9 Å². The summed E-state index contributed by atoms with van der Waals surface area (Å²) < 4.78 is 15.5. The average Bonchev–Trinajstić information content (AvgIpc) is 3.15. The Morgan fingerprint density at radius 3 is 2.74 bits per heavy atom. The predicted molar refractivity (Wildman–Crippen MR) is 102 cm³/mol. The second-order valence-corrected chi connectivity index (χ2v) is 6.22. The lowest BCUT2D eigenvalue weighted by molar-refractivity contribution is -0.323. The standard InChI is InChI=1S/C16H16ClN7O7/c1-29-6-10-20-13(24-31-10)7-3-4-18-14(12(7)30-2)19-8-5-9(17)22-23-11(8)15(25)21-16(26,27)28/h3-5,26-28H,6H2,1-2H3,(H,21,25)(H,18,19,22). The van der Waals surface area contributed by atoms with Gasteiger partial charge in [-0.3, -0.25) is 10.1 Å². The van der Waals surface area contributed by atoms with Gasteiger partial charge in [-0.2, -0.15) is 4.98 Å². The van der Waals surface area contributed by atoms with Crippen LogP contribution in [0.2, 0.25) is 5.15 Å². The lowest BCUT2D eigenvalue weighted by Gasteiger charge is -2.17. The monoisotopic (exact) mass is 453 g/mol. The molecule has 3 aromatic heterocycles. The number of carbonyl (C=O) groups excluding carboxylic acids is 1. The zero-order valence-corrected chi connectivity index (χ0v) is 16.8. The summed E-state index contributed by atoms with van der Waals surface area (Å²) in [5.74, 6) is -0.428. The van der Waals surface area contributed by atoms with Gasteiger partial charge in [0.15, 0.2) is 22.4 Å². The number of carbonyl (C=O) groups is 1. The molecule has 0 unspecified atom stereocenters. The van der Waals surface area contributed by atoms with Crippen molar-refractivity contribution in [3.05, 3.63) is 35.1 Å². The smallest absolute Gasteiger partial charge is 0.369 e. The number of nitrogens with zero attached hydrogens (tertiary/aromatic N) is 5. The SMILES string of the molecule is COCc1nc(-c2ccnc(Nc3cc(Cl)nnc3C(=O)NC(O)(O)O)c2OC)no1. The number of pyridine rings is 1. The number of aliphatic hydroxyl groups is 3. The molecule has 14 nitrogen and oxygen atoms in total. The molecular formula is C16H16ClN7O7. The van der Waals surface area contributed by atoms with Gasteiger partial charge in [-0.1, -0.05) is 16.8 Å². The number of rotatable bonds is 8. The zero-order valence-electron chi connectivity index (χ0n) is 16.0. The maximum atomic E-state index is 12.2. The van der Waals surface area contributed by atoms with Crippen molar-refractivity contribution in [3.63, 3.8) is 0 Å². The summed E-state index contributed by atoms with van der Waals surface area (Å²) in [6.07, 6.45) is -2.05. The normalized spacial score (nSPS) is 11.3.